The van der Waals surface area contributed by atoms with Crippen molar-refractivity contribution in [1.82, 2.24) is 9.55 Å². The lowest BCUT2D eigenvalue weighted by atomic mass is 9.87. The average molecular weight is 489 g/mol. The summed E-state index contributed by atoms with van der Waals surface area (Å²) < 4.78 is 5.30. The lowest BCUT2D eigenvalue weighted by molar-refractivity contribution is -0.00256. The van der Waals surface area contributed by atoms with Crippen LogP contribution in [0.25, 0.3) is 0 Å². The minimum Gasteiger partial charge on any atom is -0.627 e. The van der Waals surface area contributed by atoms with E-state index < -0.39 is 16.3 Å². The maximum atomic E-state index is 14.7. The number of aromatic hydroxyl groups is 1. The van der Waals surface area contributed by atoms with Crippen LogP contribution in [-0.4, -0.2) is 41.4 Å². The number of phenolic OH excluding ortho intramolecular Hbond substituents is 1. The molecule has 2 N–H and O–H groups in total. The number of para-hydroxylation sites is 1. The molecule has 2 aliphatic heterocycles. The molecular weight excluding hydrogens is 452 g/mol. The zero-order valence-electron chi connectivity index (χ0n) is 21.0. The van der Waals surface area contributed by atoms with Crippen molar-refractivity contribution < 1.29 is 14.9 Å². The lowest BCUT2D eigenvalue weighted by Gasteiger charge is -2.46. The van der Waals surface area contributed by atoms with E-state index in [1.54, 1.807) is 31.2 Å². The van der Waals surface area contributed by atoms with Crippen molar-refractivity contribution >= 4 is 5.69 Å². The summed E-state index contributed by atoms with van der Waals surface area (Å²) in [5, 5.41) is 36.1. The molecule has 2 aliphatic rings. The van der Waals surface area contributed by atoms with Crippen molar-refractivity contribution in [1.29, 1.82) is 0 Å². The van der Waals surface area contributed by atoms with Crippen LogP contribution in [0.4, 0.5) is 5.69 Å². The van der Waals surface area contributed by atoms with Gasteiger partial charge in [0.15, 0.2) is 6.04 Å². The van der Waals surface area contributed by atoms with E-state index >= 15 is 0 Å². The van der Waals surface area contributed by atoms with E-state index in [1.165, 1.54) is 25.7 Å². The van der Waals surface area contributed by atoms with Crippen molar-refractivity contribution in [2.24, 2.45) is 0 Å². The molecule has 0 aromatic heterocycles. The van der Waals surface area contributed by atoms with Crippen LogP contribution in [-0.2, 0) is 12.1 Å². The maximum absolute atomic E-state index is 14.7. The van der Waals surface area contributed by atoms with E-state index in [0.717, 1.165) is 30.9 Å². The summed E-state index contributed by atoms with van der Waals surface area (Å²) in [6.07, 6.45) is 5.19. The molecule has 0 saturated carbocycles. The molecule has 6 heteroatoms. The normalized spacial score (nSPS) is 26.4. The molecule has 0 spiro atoms. The molecule has 0 aliphatic carbocycles. The number of phenols is 1. The fourth-order valence-electron chi connectivity index (χ4n) is 5.94. The van der Waals surface area contributed by atoms with Crippen LogP contribution in [0.15, 0.2) is 72.8 Å². The van der Waals surface area contributed by atoms with Gasteiger partial charge in [-0.2, -0.15) is 0 Å². The zero-order chi connectivity index (χ0) is 25.2. The van der Waals surface area contributed by atoms with Crippen LogP contribution < -0.4 is 9.38 Å². The molecule has 0 amide bonds. The Morgan fingerprint density at radius 2 is 1.61 bits per heavy atom. The fraction of sp³-hybridized carbons (Fsp3) is 0.400. The quantitative estimate of drug-likeness (QED) is 0.334. The summed E-state index contributed by atoms with van der Waals surface area (Å²) in [5.41, 5.74) is 1.43. The number of likely N-dealkylation sites (tertiary alicyclic amines) is 1. The number of hydroxylamine groups is 2. The first kappa shape index (κ1) is 24.8. The van der Waals surface area contributed by atoms with Gasteiger partial charge in [0.05, 0.1) is 5.56 Å². The number of rotatable bonds is 7. The highest BCUT2D eigenvalue weighted by molar-refractivity contribution is 5.62. The van der Waals surface area contributed by atoms with Crippen molar-refractivity contribution in [3.63, 3.8) is 0 Å². The van der Waals surface area contributed by atoms with E-state index in [0.29, 0.717) is 23.4 Å². The third-order valence-corrected chi connectivity index (χ3v) is 7.73. The topological polar surface area (TPSA) is 76.0 Å². The van der Waals surface area contributed by atoms with Gasteiger partial charge in [0.25, 0.3) is 0 Å². The van der Waals surface area contributed by atoms with Crippen LogP contribution in [0.5, 0.6) is 11.5 Å². The second-order valence-corrected chi connectivity index (χ2v) is 10.4. The van der Waals surface area contributed by atoms with Gasteiger partial charge in [-0.3, -0.25) is 4.90 Å². The number of ether oxygens (including phenoxy) is 1. The second kappa shape index (κ2) is 10.2. The van der Waals surface area contributed by atoms with Crippen LogP contribution in [0.2, 0.25) is 0 Å². The lowest BCUT2D eigenvalue weighted by Crippen LogP contribution is -2.47. The van der Waals surface area contributed by atoms with Crippen molar-refractivity contribution in [2.75, 3.05) is 26.2 Å². The van der Waals surface area contributed by atoms with E-state index in [-0.39, 0.29) is 12.3 Å². The molecular formula is C30H36N2O4. The highest BCUT2D eigenvalue weighted by atomic mass is 16.6. The minimum absolute atomic E-state index is 0.129. The van der Waals surface area contributed by atoms with Gasteiger partial charge in [-0.25, -0.2) is 0 Å². The summed E-state index contributed by atoms with van der Waals surface area (Å²) in [5.74, 6) is 0.930. The van der Waals surface area contributed by atoms with Crippen molar-refractivity contribution in [3.05, 3.63) is 94.7 Å². The number of quaternary nitrogens is 1. The number of fused-ring (bicyclic) bond motifs is 1. The molecule has 6 nitrogen and oxygen atoms in total. The van der Waals surface area contributed by atoms with E-state index in [2.05, 4.69) is 4.90 Å². The summed E-state index contributed by atoms with van der Waals surface area (Å²) in [7, 11) is 0. The van der Waals surface area contributed by atoms with E-state index in [9.17, 15) is 15.4 Å². The van der Waals surface area contributed by atoms with Gasteiger partial charge in [0.2, 0.25) is 0 Å². The molecule has 5 rings (SSSR count). The molecule has 36 heavy (non-hydrogen) atoms. The second-order valence-electron chi connectivity index (χ2n) is 10.4. The molecule has 2 heterocycles. The first-order chi connectivity index (χ1) is 17.4. The highest BCUT2D eigenvalue weighted by Gasteiger charge is 2.55. The Hall–Kier alpha value is -2.90. The standard InChI is InChI=1S/C30H36N2O4/c1-30(34)27-8-4-5-9-28(27)32(35,29(30)24-12-14-25(33)15-13-24)22-23-10-16-26(17-11-23)36-21-20-31-18-6-2-3-7-19-31/h4-5,8-17,29,33-34H,2-3,6-7,18-22H2,1H3. The van der Waals surface area contributed by atoms with Gasteiger partial charge < -0.3 is 24.8 Å². The molecule has 1 saturated heterocycles. The van der Waals surface area contributed by atoms with Gasteiger partial charge in [-0.05, 0) is 93.5 Å². The third-order valence-electron chi connectivity index (χ3n) is 7.73. The Kier molecular flexibility index (Phi) is 7.04. The van der Waals surface area contributed by atoms with Gasteiger partial charge >= 0.3 is 0 Å². The number of benzene rings is 3. The smallest absolute Gasteiger partial charge is 0.153 e. The van der Waals surface area contributed by atoms with Crippen LogP contribution >= 0.6 is 0 Å². The number of aliphatic hydroxyl groups is 1. The minimum atomic E-state index is -1.36. The van der Waals surface area contributed by atoms with Crippen LogP contribution in [0.1, 0.15) is 55.3 Å². The number of hydrogen-bond acceptors (Lipinski definition) is 5. The predicted octanol–water partition coefficient (Wildman–Crippen LogP) is 5.61. The Morgan fingerprint density at radius 1 is 0.944 bits per heavy atom. The Morgan fingerprint density at radius 3 is 2.31 bits per heavy atom. The van der Waals surface area contributed by atoms with Crippen molar-refractivity contribution in [2.45, 2.75) is 50.8 Å². The van der Waals surface area contributed by atoms with Crippen LogP contribution in [0.3, 0.4) is 0 Å². The molecule has 3 atom stereocenters. The average Bonchev–Trinajstić information content (AvgIpc) is 3.05. The molecule has 0 radical (unpaired) electrons. The first-order valence-corrected chi connectivity index (χ1v) is 13.0. The Balaban J connectivity index is 1.34. The molecule has 1 fully saturated rings. The predicted molar refractivity (Wildman–Crippen MR) is 143 cm³/mol. The van der Waals surface area contributed by atoms with Gasteiger partial charge in [-0.1, -0.05) is 25.0 Å². The molecule has 190 valence electrons. The summed E-state index contributed by atoms with van der Waals surface area (Å²) in [4.78, 5) is 2.48. The van der Waals surface area contributed by atoms with Gasteiger partial charge in [0, 0.05) is 17.7 Å². The van der Waals surface area contributed by atoms with Gasteiger partial charge in [-0.15, -0.1) is 0 Å². The van der Waals surface area contributed by atoms with E-state index in [1.807, 2.05) is 48.5 Å². The maximum Gasteiger partial charge on any atom is 0.153 e. The van der Waals surface area contributed by atoms with Crippen LogP contribution in [0, 0.1) is 5.21 Å². The Bertz CT molecular complexity index is 1150. The van der Waals surface area contributed by atoms with Crippen molar-refractivity contribution in [3.8, 4) is 11.5 Å². The first-order valence-electron chi connectivity index (χ1n) is 13.0. The monoisotopic (exact) mass is 488 g/mol. The SMILES string of the molecule is CC1(O)c2ccccc2[N+]([O-])(Cc2ccc(OCCN3CCCCCC3)cc2)C1c1ccc(O)cc1. The highest BCUT2D eigenvalue weighted by Crippen LogP contribution is 2.56. The molecule has 0 bridgehead atoms. The summed E-state index contributed by atoms with van der Waals surface area (Å²) in [6.45, 7) is 5.77. The third kappa shape index (κ3) is 4.87. The summed E-state index contributed by atoms with van der Waals surface area (Å²) >= 11 is 0. The fourth-order valence-corrected chi connectivity index (χ4v) is 5.94. The van der Waals surface area contributed by atoms with Gasteiger partial charge in [0.1, 0.15) is 35.9 Å². The van der Waals surface area contributed by atoms with E-state index in [4.69, 9.17) is 4.74 Å². The Labute approximate surface area is 213 Å². The molecule has 3 unspecified atom stereocenters. The number of hydrogen-bond donors (Lipinski definition) is 2. The molecule has 3 aromatic carbocycles. The number of nitrogens with zero attached hydrogens (tertiary/aromatic N) is 2. The zero-order valence-corrected chi connectivity index (χ0v) is 21.0. The largest absolute Gasteiger partial charge is 0.627 e. The molecule has 3 aromatic rings. The summed E-state index contributed by atoms with van der Waals surface area (Å²) in [6, 6.07) is 20.9.